The third-order valence-electron chi connectivity index (χ3n) is 8.68. The van der Waals surface area contributed by atoms with E-state index < -0.39 is 17.1 Å². The molecule has 184 valence electrons. The molecule has 0 aromatic heterocycles. The number of Topliss-reactive ketones (excluding diaryl/α,β-unsaturated/α-hetero) is 1. The number of piperidine rings is 1. The summed E-state index contributed by atoms with van der Waals surface area (Å²) in [5.74, 6) is 0.663. The molecule has 0 amide bonds. The number of benzene rings is 1. The van der Waals surface area contributed by atoms with E-state index in [-0.39, 0.29) is 17.8 Å². The van der Waals surface area contributed by atoms with Crippen molar-refractivity contribution in [3.05, 3.63) is 35.9 Å². The van der Waals surface area contributed by atoms with Crippen molar-refractivity contribution in [2.24, 2.45) is 0 Å². The van der Waals surface area contributed by atoms with E-state index in [1.165, 1.54) is 19.3 Å². The van der Waals surface area contributed by atoms with Crippen LogP contribution in [-0.2, 0) is 21.4 Å². The lowest BCUT2D eigenvalue weighted by Crippen LogP contribution is -2.76. The SMILES string of the molecule is C=CCN1CC[C@]23c4c5ccc(OC(=O)CCCCCCCC)c4O[C@H]2C(=O)CC[C@@]3(O)C1C5. The van der Waals surface area contributed by atoms with Crippen LogP contribution in [0.25, 0.3) is 0 Å². The van der Waals surface area contributed by atoms with Gasteiger partial charge >= 0.3 is 5.97 Å². The van der Waals surface area contributed by atoms with Gasteiger partial charge in [0.1, 0.15) is 0 Å². The second kappa shape index (κ2) is 9.12. The van der Waals surface area contributed by atoms with Gasteiger partial charge in [0.15, 0.2) is 23.4 Å². The first-order chi connectivity index (χ1) is 16.5. The van der Waals surface area contributed by atoms with Gasteiger partial charge in [0.2, 0.25) is 0 Å². The summed E-state index contributed by atoms with van der Waals surface area (Å²) in [6, 6.07) is 3.73. The largest absolute Gasteiger partial charge is 0.477 e. The number of nitrogens with zero attached hydrogens (tertiary/aromatic N) is 1. The summed E-state index contributed by atoms with van der Waals surface area (Å²) in [6.45, 7) is 7.57. The predicted octanol–water partition coefficient (Wildman–Crippen LogP) is 4.25. The van der Waals surface area contributed by atoms with Crippen LogP contribution < -0.4 is 9.47 Å². The number of unbranched alkanes of at least 4 members (excludes halogenated alkanes) is 5. The molecule has 0 radical (unpaired) electrons. The van der Waals surface area contributed by atoms with Crippen molar-refractivity contribution in [3.8, 4) is 11.5 Å². The van der Waals surface area contributed by atoms with Gasteiger partial charge in [-0.3, -0.25) is 14.5 Å². The zero-order chi connectivity index (χ0) is 23.9. The van der Waals surface area contributed by atoms with Crippen LogP contribution in [0.3, 0.4) is 0 Å². The maximum Gasteiger partial charge on any atom is 0.311 e. The molecule has 1 aromatic carbocycles. The van der Waals surface area contributed by atoms with E-state index >= 15 is 0 Å². The molecule has 1 unspecified atom stereocenters. The van der Waals surface area contributed by atoms with Crippen LogP contribution in [0.5, 0.6) is 11.5 Å². The maximum absolute atomic E-state index is 13.1. The second-order valence-corrected chi connectivity index (χ2v) is 10.5. The zero-order valence-electron chi connectivity index (χ0n) is 20.3. The fourth-order valence-corrected chi connectivity index (χ4v) is 7.09. The van der Waals surface area contributed by atoms with Gasteiger partial charge in [0.25, 0.3) is 0 Å². The maximum atomic E-state index is 13.1. The van der Waals surface area contributed by atoms with Crippen LogP contribution in [0, 0.1) is 0 Å². The highest BCUT2D eigenvalue weighted by atomic mass is 16.6. The Morgan fingerprint density at radius 2 is 2.06 bits per heavy atom. The quantitative estimate of drug-likeness (QED) is 0.240. The Bertz CT molecular complexity index is 989. The standard InChI is InChI=1S/C28H37NO5/c1-3-5-6-7-8-9-10-23(31)33-21-12-11-19-18-22-28(32)14-13-20(30)26-27(28,24(19)25(21)34-26)15-17-29(22)16-4-2/h4,11-12,22,26,32H,2-3,5-10,13-18H2,1H3/t22?,26-,27-,28+/m0/s1. The average Bonchev–Trinajstić information content (AvgIpc) is 3.18. The molecule has 1 aromatic rings. The second-order valence-electron chi connectivity index (χ2n) is 10.5. The molecule has 6 heteroatoms. The van der Waals surface area contributed by atoms with E-state index in [0.29, 0.717) is 50.1 Å². The van der Waals surface area contributed by atoms with E-state index in [4.69, 9.17) is 9.47 Å². The highest BCUT2D eigenvalue weighted by molar-refractivity contribution is 5.90. The minimum atomic E-state index is -1.05. The Morgan fingerprint density at radius 1 is 1.26 bits per heavy atom. The molecule has 2 heterocycles. The number of carbonyl (C=O) groups excluding carboxylic acids is 2. The van der Waals surface area contributed by atoms with Crippen molar-refractivity contribution in [2.75, 3.05) is 13.1 Å². The van der Waals surface area contributed by atoms with Gasteiger partial charge in [0, 0.05) is 37.5 Å². The zero-order valence-corrected chi connectivity index (χ0v) is 20.3. The summed E-state index contributed by atoms with van der Waals surface area (Å²) in [5, 5.41) is 12.2. The molecule has 4 aliphatic rings. The molecular weight excluding hydrogens is 430 g/mol. The summed E-state index contributed by atoms with van der Waals surface area (Å²) in [6.07, 6.45) is 10.2. The number of carbonyl (C=O) groups is 2. The lowest BCUT2D eigenvalue weighted by atomic mass is 9.49. The van der Waals surface area contributed by atoms with Crippen LogP contribution in [0.1, 0.15) is 82.3 Å². The Labute approximate surface area is 202 Å². The Balaban J connectivity index is 1.42. The van der Waals surface area contributed by atoms with Crippen molar-refractivity contribution in [1.29, 1.82) is 0 Å². The van der Waals surface area contributed by atoms with E-state index in [0.717, 1.165) is 36.9 Å². The predicted molar refractivity (Wildman–Crippen MR) is 129 cm³/mol. The molecule has 2 fully saturated rings. The Hall–Kier alpha value is -2.18. The molecule has 1 saturated heterocycles. The highest BCUT2D eigenvalue weighted by Crippen LogP contribution is 2.64. The molecule has 5 rings (SSSR count). The van der Waals surface area contributed by atoms with Crippen molar-refractivity contribution in [2.45, 2.75) is 101 Å². The molecule has 2 aliphatic heterocycles. The van der Waals surface area contributed by atoms with Gasteiger partial charge in [-0.1, -0.05) is 51.2 Å². The first-order valence-corrected chi connectivity index (χ1v) is 13.1. The summed E-state index contributed by atoms with van der Waals surface area (Å²) < 4.78 is 12.1. The van der Waals surface area contributed by atoms with Crippen LogP contribution in [0.4, 0.5) is 0 Å². The van der Waals surface area contributed by atoms with E-state index in [2.05, 4.69) is 18.4 Å². The summed E-state index contributed by atoms with van der Waals surface area (Å²) in [4.78, 5) is 28.0. The molecule has 1 N–H and O–H groups in total. The number of ketones is 1. The molecule has 4 atom stereocenters. The lowest BCUT2D eigenvalue weighted by Gasteiger charge is -2.62. The average molecular weight is 468 g/mol. The molecule has 6 nitrogen and oxygen atoms in total. The summed E-state index contributed by atoms with van der Waals surface area (Å²) in [5.41, 5.74) is 0.181. The van der Waals surface area contributed by atoms with Crippen molar-refractivity contribution in [3.63, 3.8) is 0 Å². The molecule has 1 saturated carbocycles. The summed E-state index contributed by atoms with van der Waals surface area (Å²) >= 11 is 0. The first kappa shape index (κ1) is 23.6. The normalized spacial score (nSPS) is 31.1. The van der Waals surface area contributed by atoms with Crippen LogP contribution in [0.15, 0.2) is 24.8 Å². The third kappa shape index (κ3) is 3.44. The smallest absolute Gasteiger partial charge is 0.311 e. The number of rotatable bonds is 10. The van der Waals surface area contributed by atoms with Gasteiger partial charge < -0.3 is 14.6 Å². The molecule has 2 bridgehead atoms. The highest BCUT2D eigenvalue weighted by Gasteiger charge is 2.73. The van der Waals surface area contributed by atoms with E-state index in [1.54, 1.807) is 0 Å². The van der Waals surface area contributed by atoms with Crippen molar-refractivity contribution in [1.82, 2.24) is 4.90 Å². The van der Waals surface area contributed by atoms with Crippen molar-refractivity contribution >= 4 is 11.8 Å². The first-order valence-electron chi connectivity index (χ1n) is 13.1. The summed E-state index contributed by atoms with van der Waals surface area (Å²) in [7, 11) is 0. The number of likely N-dealkylation sites (tertiary alicyclic amines) is 1. The lowest BCUT2D eigenvalue weighted by molar-refractivity contribution is -0.187. The fraction of sp³-hybridized carbons (Fsp3) is 0.643. The molecule has 1 spiro atoms. The van der Waals surface area contributed by atoms with Gasteiger partial charge in [0.05, 0.1) is 11.0 Å². The fourth-order valence-electron chi connectivity index (χ4n) is 7.09. The number of ether oxygens (including phenoxy) is 2. The monoisotopic (exact) mass is 467 g/mol. The molecule has 2 aliphatic carbocycles. The van der Waals surface area contributed by atoms with Gasteiger partial charge in [-0.2, -0.15) is 0 Å². The molecular formula is C28H37NO5. The number of aliphatic hydroxyl groups is 1. The van der Waals surface area contributed by atoms with Crippen molar-refractivity contribution < 1.29 is 24.2 Å². The number of hydrogen-bond donors (Lipinski definition) is 1. The Morgan fingerprint density at radius 3 is 2.85 bits per heavy atom. The minimum absolute atomic E-state index is 0.0361. The Kier molecular flexibility index (Phi) is 6.32. The van der Waals surface area contributed by atoms with Crippen LogP contribution >= 0.6 is 0 Å². The van der Waals surface area contributed by atoms with E-state index in [1.807, 2.05) is 18.2 Å². The van der Waals surface area contributed by atoms with Gasteiger partial charge in [-0.25, -0.2) is 0 Å². The number of esters is 1. The van der Waals surface area contributed by atoms with Gasteiger partial charge in [-0.15, -0.1) is 6.58 Å². The topological polar surface area (TPSA) is 76.1 Å². The number of hydrogen-bond acceptors (Lipinski definition) is 6. The molecule has 34 heavy (non-hydrogen) atoms. The minimum Gasteiger partial charge on any atom is -0.477 e. The van der Waals surface area contributed by atoms with Gasteiger partial charge in [-0.05, 0) is 37.3 Å². The van der Waals surface area contributed by atoms with Crippen LogP contribution in [0.2, 0.25) is 0 Å². The third-order valence-corrected chi connectivity index (χ3v) is 8.68. The van der Waals surface area contributed by atoms with Crippen LogP contribution in [-0.4, -0.2) is 52.6 Å². The van der Waals surface area contributed by atoms with E-state index in [9.17, 15) is 14.7 Å².